The van der Waals surface area contributed by atoms with Gasteiger partial charge in [0.1, 0.15) is 0 Å². The van der Waals surface area contributed by atoms with Gasteiger partial charge in [0, 0.05) is 9.79 Å². The standard InChI is InChI=1S/C16H12S2/c1-3-9-17-15-7-5-14-12-16(18-10-4-2)8-6-13(14)11-15/h1-2,5-8,11-12H,9-10H2. The average Bonchev–Trinajstić information content (AvgIpc) is 2.42. The van der Waals surface area contributed by atoms with Crippen LogP contribution in [0.5, 0.6) is 0 Å². The zero-order valence-electron chi connectivity index (χ0n) is 9.85. The monoisotopic (exact) mass is 268 g/mol. The molecule has 2 heteroatoms. The van der Waals surface area contributed by atoms with E-state index in [0.717, 1.165) is 0 Å². The van der Waals surface area contributed by atoms with Crippen molar-refractivity contribution in [3.05, 3.63) is 36.4 Å². The normalized spacial score (nSPS) is 9.89. The molecule has 0 amide bonds. The third kappa shape index (κ3) is 3.26. The molecule has 0 spiro atoms. The Balaban J connectivity index is 2.25. The molecule has 0 unspecified atom stereocenters. The van der Waals surface area contributed by atoms with Gasteiger partial charge < -0.3 is 0 Å². The number of hydrogen-bond acceptors (Lipinski definition) is 2. The quantitative estimate of drug-likeness (QED) is 0.599. The Hall–Kier alpha value is -1.48. The maximum atomic E-state index is 5.27. The van der Waals surface area contributed by atoms with Gasteiger partial charge in [-0.3, -0.25) is 0 Å². The summed E-state index contributed by atoms with van der Waals surface area (Å²) in [7, 11) is 0. The minimum Gasteiger partial charge on any atom is -0.119 e. The lowest BCUT2D eigenvalue weighted by Crippen LogP contribution is -1.79. The van der Waals surface area contributed by atoms with Crippen molar-refractivity contribution in [2.75, 3.05) is 11.5 Å². The van der Waals surface area contributed by atoms with Crippen molar-refractivity contribution < 1.29 is 0 Å². The van der Waals surface area contributed by atoms with Crippen LogP contribution in [0, 0.1) is 24.7 Å². The Morgan fingerprint density at radius 2 is 1.22 bits per heavy atom. The zero-order valence-corrected chi connectivity index (χ0v) is 11.5. The van der Waals surface area contributed by atoms with E-state index in [1.807, 2.05) is 0 Å². The summed E-state index contributed by atoms with van der Waals surface area (Å²) < 4.78 is 0. The Labute approximate surface area is 117 Å². The van der Waals surface area contributed by atoms with Crippen molar-refractivity contribution in [1.29, 1.82) is 0 Å². The summed E-state index contributed by atoms with van der Waals surface area (Å²) in [5.74, 6) is 6.69. The van der Waals surface area contributed by atoms with Crippen LogP contribution in [0.25, 0.3) is 10.8 Å². The van der Waals surface area contributed by atoms with Crippen molar-refractivity contribution in [3.8, 4) is 24.7 Å². The number of benzene rings is 2. The Morgan fingerprint density at radius 1 is 0.778 bits per heavy atom. The van der Waals surface area contributed by atoms with E-state index in [4.69, 9.17) is 12.8 Å². The molecule has 0 bridgehead atoms. The first-order chi connectivity index (χ1) is 8.83. The van der Waals surface area contributed by atoms with Gasteiger partial charge in [-0.2, -0.15) is 0 Å². The highest BCUT2D eigenvalue weighted by atomic mass is 32.2. The third-order valence-electron chi connectivity index (χ3n) is 2.43. The number of hydrogen-bond donors (Lipinski definition) is 0. The molecule has 0 saturated heterocycles. The molecule has 2 aromatic carbocycles. The summed E-state index contributed by atoms with van der Waals surface area (Å²) in [6.07, 6.45) is 10.5. The second kappa shape index (κ2) is 6.45. The van der Waals surface area contributed by atoms with Crippen molar-refractivity contribution in [3.63, 3.8) is 0 Å². The first-order valence-electron chi connectivity index (χ1n) is 5.50. The van der Waals surface area contributed by atoms with Crippen molar-refractivity contribution in [1.82, 2.24) is 0 Å². The van der Waals surface area contributed by atoms with Crippen LogP contribution in [0.1, 0.15) is 0 Å². The molecule has 0 N–H and O–H groups in total. The maximum Gasteiger partial charge on any atom is 0.0592 e. The summed E-state index contributed by atoms with van der Waals surface area (Å²) in [5, 5.41) is 2.48. The van der Waals surface area contributed by atoms with Crippen LogP contribution in [0.4, 0.5) is 0 Å². The van der Waals surface area contributed by atoms with Crippen molar-refractivity contribution in [2.45, 2.75) is 9.79 Å². The summed E-state index contributed by atoms with van der Waals surface area (Å²) in [5.41, 5.74) is 0. The van der Waals surface area contributed by atoms with Gasteiger partial charge in [-0.05, 0) is 35.0 Å². The average molecular weight is 268 g/mol. The molecule has 0 aliphatic heterocycles. The van der Waals surface area contributed by atoms with Gasteiger partial charge in [0.15, 0.2) is 0 Å². The molecule has 0 heterocycles. The van der Waals surface area contributed by atoms with Gasteiger partial charge in [0.2, 0.25) is 0 Å². The fourth-order valence-corrected chi connectivity index (χ4v) is 2.88. The Kier molecular flexibility index (Phi) is 4.65. The van der Waals surface area contributed by atoms with Gasteiger partial charge >= 0.3 is 0 Å². The van der Waals surface area contributed by atoms with Crippen LogP contribution in [-0.2, 0) is 0 Å². The minimum absolute atomic E-state index is 0.710. The van der Waals surface area contributed by atoms with E-state index >= 15 is 0 Å². The molecule has 2 aromatic rings. The van der Waals surface area contributed by atoms with Crippen LogP contribution in [0.2, 0.25) is 0 Å². The van der Waals surface area contributed by atoms with E-state index in [-0.39, 0.29) is 0 Å². The van der Waals surface area contributed by atoms with E-state index in [2.05, 4.69) is 48.2 Å². The van der Waals surface area contributed by atoms with Crippen LogP contribution >= 0.6 is 23.5 Å². The van der Waals surface area contributed by atoms with E-state index in [1.54, 1.807) is 23.5 Å². The van der Waals surface area contributed by atoms with Crippen LogP contribution in [-0.4, -0.2) is 11.5 Å². The van der Waals surface area contributed by atoms with Gasteiger partial charge in [-0.25, -0.2) is 0 Å². The molecule has 0 aromatic heterocycles. The van der Waals surface area contributed by atoms with E-state index in [9.17, 15) is 0 Å². The van der Waals surface area contributed by atoms with Gasteiger partial charge in [-0.15, -0.1) is 36.4 Å². The van der Waals surface area contributed by atoms with Crippen molar-refractivity contribution in [2.24, 2.45) is 0 Å². The number of terminal acetylenes is 2. The van der Waals surface area contributed by atoms with E-state index in [0.29, 0.717) is 11.5 Å². The molecule has 0 saturated carbocycles. The second-order valence-electron chi connectivity index (χ2n) is 3.66. The molecule has 0 aliphatic rings. The smallest absolute Gasteiger partial charge is 0.0592 e. The molecule has 2 rings (SSSR count). The molecule has 88 valence electrons. The molecular weight excluding hydrogens is 256 g/mol. The van der Waals surface area contributed by atoms with Crippen LogP contribution in [0.3, 0.4) is 0 Å². The third-order valence-corrected chi connectivity index (χ3v) is 4.22. The minimum atomic E-state index is 0.710. The van der Waals surface area contributed by atoms with Gasteiger partial charge in [-0.1, -0.05) is 24.0 Å². The molecule has 0 radical (unpaired) electrons. The highest BCUT2D eigenvalue weighted by Gasteiger charge is 1.99. The lowest BCUT2D eigenvalue weighted by molar-refractivity contribution is 1.46. The predicted octanol–water partition coefficient (Wildman–Crippen LogP) is 4.29. The largest absolute Gasteiger partial charge is 0.119 e. The molecule has 0 nitrogen and oxygen atoms in total. The van der Waals surface area contributed by atoms with E-state index in [1.165, 1.54) is 20.6 Å². The number of thioether (sulfide) groups is 2. The summed E-state index contributed by atoms with van der Waals surface area (Å²) in [6.45, 7) is 0. The second-order valence-corrected chi connectivity index (χ2v) is 5.75. The summed E-state index contributed by atoms with van der Waals surface area (Å²) >= 11 is 3.37. The number of rotatable bonds is 4. The van der Waals surface area contributed by atoms with Gasteiger partial charge in [0.05, 0.1) is 11.5 Å². The Morgan fingerprint density at radius 3 is 1.61 bits per heavy atom. The Bertz CT molecular complexity index is 572. The van der Waals surface area contributed by atoms with Crippen molar-refractivity contribution >= 4 is 34.3 Å². The molecule has 0 aliphatic carbocycles. The summed E-state index contributed by atoms with van der Waals surface area (Å²) in [4.78, 5) is 2.42. The fraction of sp³-hybridized carbons (Fsp3) is 0.125. The van der Waals surface area contributed by atoms with Crippen LogP contribution < -0.4 is 0 Å². The number of fused-ring (bicyclic) bond motifs is 1. The molecule has 0 atom stereocenters. The summed E-state index contributed by atoms with van der Waals surface area (Å²) in [6, 6.07) is 12.8. The highest BCUT2D eigenvalue weighted by molar-refractivity contribution is 7.99. The molecular formula is C16H12S2. The highest BCUT2D eigenvalue weighted by Crippen LogP contribution is 2.27. The first-order valence-corrected chi connectivity index (χ1v) is 7.47. The molecule has 18 heavy (non-hydrogen) atoms. The van der Waals surface area contributed by atoms with Crippen LogP contribution in [0.15, 0.2) is 46.2 Å². The van der Waals surface area contributed by atoms with E-state index < -0.39 is 0 Å². The SMILES string of the molecule is C#CCSc1ccc2cc(SCC#C)ccc2c1. The lowest BCUT2D eigenvalue weighted by atomic mass is 10.1. The topological polar surface area (TPSA) is 0 Å². The fourth-order valence-electron chi connectivity index (χ4n) is 1.63. The maximum absolute atomic E-state index is 5.27. The zero-order chi connectivity index (χ0) is 12.8. The van der Waals surface area contributed by atoms with Gasteiger partial charge in [0.25, 0.3) is 0 Å². The lowest BCUT2D eigenvalue weighted by Gasteiger charge is -2.04. The molecule has 0 fully saturated rings. The first kappa shape index (κ1) is 13.0. The predicted molar refractivity (Wildman–Crippen MR) is 83.1 cm³/mol.